The summed E-state index contributed by atoms with van der Waals surface area (Å²) >= 11 is 0. The second kappa shape index (κ2) is 7.46. The minimum atomic E-state index is -0.285. The molecule has 0 aromatic heterocycles. The normalized spacial score (nSPS) is 14.8. The molecule has 4 heteroatoms. The Labute approximate surface area is 108 Å². The van der Waals surface area contributed by atoms with Gasteiger partial charge in [0.15, 0.2) is 0 Å². The molecular weight excluding hydrogens is 231 g/mol. The van der Waals surface area contributed by atoms with Gasteiger partial charge < -0.3 is 15.7 Å². The number of hydrogen-bond donors (Lipinski definition) is 2. The van der Waals surface area contributed by atoms with Gasteiger partial charge in [-0.05, 0) is 39.4 Å². The van der Waals surface area contributed by atoms with E-state index in [0.717, 1.165) is 19.5 Å². The third-order valence-electron chi connectivity index (χ3n) is 3.06. The predicted molar refractivity (Wildman–Crippen MR) is 71.7 cm³/mol. The lowest BCUT2D eigenvalue weighted by atomic mass is 10.0. The zero-order valence-corrected chi connectivity index (χ0v) is 11.1. The molecule has 0 aliphatic carbocycles. The van der Waals surface area contributed by atoms with E-state index >= 15 is 0 Å². The monoisotopic (exact) mass is 254 g/mol. The quantitative estimate of drug-likeness (QED) is 0.781. The molecule has 0 fully saturated rings. The molecule has 1 aromatic rings. The Morgan fingerprint density at radius 2 is 1.89 bits per heavy atom. The Morgan fingerprint density at radius 1 is 1.28 bits per heavy atom. The molecule has 2 unspecified atom stereocenters. The number of aliphatic hydroxyl groups is 1. The van der Waals surface area contributed by atoms with Crippen LogP contribution in [-0.2, 0) is 0 Å². The lowest BCUT2D eigenvalue weighted by Crippen LogP contribution is -2.26. The lowest BCUT2D eigenvalue weighted by molar-refractivity contribution is 0.163. The average Bonchev–Trinajstić information content (AvgIpc) is 2.34. The maximum atomic E-state index is 13.5. The number of nitrogens with zero attached hydrogens (tertiary/aromatic N) is 1. The highest BCUT2D eigenvalue weighted by molar-refractivity contribution is 5.20. The smallest absolute Gasteiger partial charge is 0.127 e. The number of halogens is 1. The Morgan fingerprint density at radius 3 is 2.50 bits per heavy atom. The van der Waals surface area contributed by atoms with Crippen LogP contribution in [0.15, 0.2) is 24.3 Å². The molecule has 18 heavy (non-hydrogen) atoms. The zero-order chi connectivity index (χ0) is 13.5. The van der Waals surface area contributed by atoms with Crippen molar-refractivity contribution in [2.24, 2.45) is 5.73 Å². The van der Waals surface area contributed by atoms with Gasteiger partial charge >= 0.3 is 0 Å². The highest BCUT2D eigenvalue weighted by Gasteiger charge is 2.11. The van der Waals surface area contributed by atoms with Gasteiger partial charge in [-0.3, -0.25) is 0 Å². The van der Waals surface area contributed by atoms with Crippen LogP contribution in [0.2, 0.25) is 0 Å². The van der Waals surface area contributed by atoms with Gasteiger partial charge in [0.1, 0.15) is 5.82 Å². The second-order valence-electron chi connectivity index (χ2n) is 4.86. The summed E-state index contributed by atoms with van der Waals surface area (Å²) in [5, 5.41) is 9.19. The van der Waals surface area contributed by atoms with Crippen molar-refractivity contribution in [2.45, 2.75) is 31.9 Å². The van der Waals surface area contributed by atoms with Crippen LogP contribution in [0.1, 0.15) is 31.4 Å². The number of hydrogen-bond acceptors (Lipinski definition) is 3. The number of nitrogens with two attached hydrogens (primary N) is 1. The first-order chi connectivity index (χ1) is 8.50. The van der Waals surface area contributed by atoms with E-state index in [1.807, 2.05) is 7.05 Å². The minimum absolute atomic E-state index is 0.239. The SMILES string of the molecule is CC(O)CCN(C)CCC(N)c1ccccc1F. The molecule has 0 radical (unpaired) electrons. The maximum absolute atomic E-state index is 13.5. The molecule has 0 saturated heterocycles. The number of aliphatic hydroxyl groups excluding tert-OH is 1. The van der Waals surface area contributed by atoms with E-state index in [4.69, 9.17) is 5.73 Å². The van der Waals surface area contributed by atoms with Gasteiger partial charge in [-0.15, -0.1) is 0 Å². The fourth-order valence-corrected chi connectivity index (χ4v) is 1.81. The summed E-state index contributed by atoms with van der Waals surface area (Å²) in [7, 11) is 1.98. The molecule has 1 rings (SSSR count). The molecule has 102 valence electrons. The minimum Gasteiger partial charge on any atom is -0.393 e. The molecule has 3 N–H and O–H groups in total. The van der Waals surface area contributed by atoms with Crippen LogP contribution < -0.4 is 5.73 Å². The molecule has 2 atom stereocenters. The van der Waals surface area contributed by atoms with Crippen LogP contribution >= 0.6 is 0 Å². The summed E-state index contributed by atoms with van der Waals surface area (Å²) in [6, 6.07) is 6.36. The molecule has 0 bridgehead atoms. The molecular formula is C14H23FN2O. The molecule has 0 amide bonds. The van der Waals surface area contributed by atoms with E-state index in [0.29, 0.717) is 12.0 Å². The molecule has 0 heterocycles. The van der Waals surface area contributed by atoms with E-state index in [2.05, 4.69) is 4.90 Å². The summed E-state index contributed by atoms with van der Waals surface area (Å²) in [6.45, 7) is 3.39. The van der Waals surface area contributed by atoms with E-state index in [9.17, 15) is 9.50 Å². The van der Waals surface area contributed by atoms with Gasteiger partial charge in [0.05, 0.1) is 6.10 Å². The molecule has 0 spiro atoms. The highest BCUT2D eigenvalue weighted by atomic mass is 19.1. The first-order valence-corrected chi connectivity index (χ1v) is 6.37. The summed E-state index contributed by atoms with van der Waals surface area (Å²) in [4.78, 5) is 2.10. The van der Waals surface area contributed by atoms with Crippen molar-refractivity contribution in [3.8, 4) is 0 Å². The molecule has 3 nitrogen and oxygen atoms in total. The van der Waals surface area contributed by atoms with Gasteiger partial charge in [-0.1, -0.05) is 18.2 Å². The number of benzene rings is 1. The van der Waals surface area contributed by atoms with Crippen molar-refractivity contribution >= 4 is 0 Å². The molecule has 1 aromatic carbocycles. The fourth-order valence-electron chi connectivity index (χ4n) is 1.81. The van der Waals surface area contributed by atoms with Crippen molar-refractivity contribution in [1.29, 1.82) is 0 Å². The lowest BCUT2D eigenvalue weighted by Gasteiger charge is -2.20. The van der Waals surface area contributed by atoms with Gasteiger partial charge in [-0.25, -0.2) is 4.39 Å². The zero-order valence-electron chi connectivity index (χ0n) is 11.1. The van der Waals surface area contributed by atoms with Crippen molar-refractivity contribution in [3.63, 3.8) is 0 Å². The van der Waals surface area contributed by atoms with Crippen LogP contribution in [0.5, 0.6) is 0 Å². The fraction of sp³-hybridized carbons (Fsp3) is 0.571. The average molecular weight is 254 g/mol. The summed E-state index contributed by atoms with van der Waals surface area (Å²) in [6.07, 6.45) is 1.16. The van der Waals surface area contributed by atoms with Crippen molar-refractivity contribution in [1.82, 2.24) is 4.90 Å². The van der Waals surface area contributed by atoms with Crippen molar-refractivity contribution < 1.29 is 9.50 Å². The van der Waals surface area contributed by atoms with E-state index in [1.54, 1.807) is 25.1 Å². The largest absolute Gasteiger partial charge is 0.393 e. The van der Waals surface area contributed by atoms with Gasteiger partial charge in [0, 0.05) is 18.2 Å². The first kappa shape index (κ1) is 15.1. The van der Waals surface area contributed by atoms with Gasteiger partial charge in [-0.2, -0.15) is 0 Å². The Bertz CT molecular complexity index is 357. The van der Waals surface area contributed by atoms with E-state index in [1.165, 1.54) is 6.07 Å². The molecule has 0 aliphatic heterocycles. The van der Waals surface area contributed by atoms with Crippen LogP contribution in [0, 0.1) is 5.82 Å². The van der Waals surface area contributed by atoms with E-state index in [-0.39, 0.29) is 18.0 Å². The summed E-state index contributed by atoms with van der Waals surface area (Å²) in [5.41, 5.74) is 6.55. The highest BCUT2D eigenvalue weighted by Crippen LogP contribution is 2.17. The Balaban J connectivity index is 2.37. The maximum Gasteiger partial charge on any atom is 0.127 e. The van der Waals surface area contributed by atoms with E-state index < -0.39 is 0 Å². The summed E-state index contributed by atoms with van der Waals surface area (Å²) in [5.74, 6) is -0.239. The van der Waals surface area contributed by atoms with Crippen LogP contribution in [0.4, 0.5) is 4.39 Å². The van der Waals surface area contributed by atoms with Crippen LogP contribution in [-0.4, -0.2) is 36.2 Å². The Kier molecular flexibility index (Phi) is 6.25. The standard InChI is InChI=1S/C14H23FN2O/c1-11(18)7-9-17(2)10-8-14(16)12-5-3-4-6-13(12)15/h3-6,11,14,18H,7-10,16H2,1-2H3. The predicted octanol–water partition coefficient (Wildman–Crippen LogP) is 1.92. The topological polar surface area (TPSA) is 49.5 Å². The van der Waals surface area contributed by atoms with Gasteiger partial charge in [0.2, 0.25) is 0 Å². The molecule has 0 saturated carbocycles. The summed E-state index contributed by atoms with van der Waals surface area (Å²) < 4.78 is 13.5. The van der Waals surface area contributed by atoms with Crippen LogP contribution in [0.25, 0.3) is 0 Å². The molecule has 0 aliphatic rings. The third-order valence-corrected chi connectivity index (χ3v) is 3.06. The van der Waals surface area contributed by atoms with Gasteiger partial charge in [0.25, 0.3) is 0 Å². The third kappa shape index (κ3) is 5.12. The number of rotatable bonds is 7. The second-order valence-corrected chi connectivity index (χ2v) is 4.86. The van der Waals surface area contributed by atoms with Crippen molar-refractivity contribution in [2.75, 3.05) is 20.1 Å². The first-order valence-electron chi connectivity index (χ1n) is 6.37. The van der Waals surface area contributed by atoms with Crippen LogP contribution in [0.3, 0.4) is 0 Å². The van der Waals surface area contributed by atoms with Crippen molar-refractivity contribution in [3.05, 3.63) is 35.6 Å². The Hall–Kier alpha value is -0.970.